The number of carbonyl (C=O) groups excluding carboxylic acids is 6. The highest BCUT2D eigenvalue weighted by Crippen LogP contribution is 2.37. The fourth-order valence-electron chi connectivity index (χ4n) is 7.94. The maximum Gasteiger partial charge on any atom is 0.347 e. The second-order valence-electron chi connectivity index (χ2n) is 21.5. The molecular weight excluding hydrogens is 1500 g/mol. The lowest BCUT2D eigenvalue weighted by Gasteiger charge is -2.23. The second-order valence-corrected chi connectivity index (χ2v) is 24.2. The molecule has 97 heavy (non-hydrogen) atoms. The summed E-state index contributed by atoms with van der Waals surface area (Å²) < 4.78 is 57.5. The van der Waals surface area contributed by atoms with E-state index in [0.717, 1.165) is 48.2 Å². The van der Waals surface area contributed by atoms with E-state index in [9.17, 15) is 38.4 Å². The molecule has 0 bridgehead atoms. The Balaban J connectivity index is -0.000000564. The van der Waals surface area contributed by atoms with Crippen LogP contribution in [0.5, 0.6) is 28.7 Å². The number of carboxylic acids is 2. The van der Waals surface area contributed by atoms with Crippen molar-refractivity contribution in [2.24, 2.45) is 5.92 Å². The Morgan fingerprint density at radius 2 is 0.907 bits per heavy atom. The quantitative estimate of drug-likeness (QED) is 0.0331. The standard InChI is InChI=1S/C16H21ClO4.C15H17ClO3.C14H17BrO4.C12H13ClO4.C12H15ClO3.5H2S/c1-6-13(18)12-9-11(17)7-8-14(12)20-10(2)15(19)21-16(3,4)5;1-10(15(17)18-2)19-14-8-7-12(16)9-13(14)11-5-3-4-6-11;1-4-11(16)10-7-9(15)5-6-12(10)19-13(8(2)3)14(17)18;1-3-10(14)9-6-8(13)4-5-11(9)17-7(2)12(15)16;1-4-9-7-10(13)5-6-11(9)16-8(2)12(14)15-3;;;;;/h7-10H,6H2,1-5H3;5,7-10H,3-4,6H2,1-2H3;5-8,13H,4H2,1-3H3,(H,17,18);4-7H,3H2,1-2H3,(H,15,16);5-8H,4H2,1-3H3;5*1H2/t2*10-;13-;7-;8-;;;;;/m00000...../s1/i;;;3D2;;;;;;. The molecule has 6 rings (SSSR count). The summed E-state index contributed by atoms with van der Waals surface area (Å²) >= 11 is 26.9. The second kappa shape index (κ2) is 49.2. The van der Waals surface area contributed by atoms with Crippen LogP contribution >= 0.6 is 130 Å². The number of hydrogen-bond acceptors (Lipinski definition) is 16. The van der Waals surface area contributed by atoms with Crippen LogP contribution in [0.4, 0.5) is 0 Å². The van der Waals surface area contributed by atoms with E-state index in [1.807, 2.05) is 19.1 Å². The molecule has 18 nitrogen and oxygen atoms in total. The van der Waals surface area contributed by atoms with Gasteiger partial charge in [-0.2, -0.15) is 67.5 Å². The van der Waals surface area contributed by atoms with Gasteiger partial charge in [0.05, 0.1) is 30.9 Å². The molecule has 5 atom stereocenters. The van der Waals surface area contributed by atoms with E-state index in [4.69, 9.17) is 87.8 Å². The lowest BCUT2D eigenvalue weighted by molar-refractivity contribution is -0.162. The number of carbonyl (C=O) groups is 8. The first-order chi connectivity index (χ1) is 43.8. The van der Waals surface area contributed by atoms with Crippen molar-refractivity contribution in [3.8, 4) is 28.7 Å². The van der Waals surface area contributed by atoms with E-state index in [-0.39, 0.29) is 107 Å². The van der Waals surface area contributed by atoms with Crippen LogP contribution in [0.15, 0.2) is 102 Å². The van der Waals surface area contributed by atoms with Crippen LogP contribution in [0, 0.1) is 5.92 Å². The molecule has 0 aliphatic heterocycles. The molecule has 0 spiro atoms. The van der Waals surface area contributed by atoms with E-state index in [0.29, 0.717) is 62.0 Å². The number of benzene rings is 5. The number of halogens is 5. The molecule has 5 aromatic carbocycles. The Hall–Kier alpha value is -5.41. The topological polar surface area (TPSA) is 251 Å². The van der Waals surface area contributed by atoms with E-state index in [1.54, 1.807) is 130 Å². The highest BCUT2D eigenvalue weighted by molar-refractivity contribution is 9.10. The number of hydrogen-bond donors (Lipinski definition) is 2. The highest BCUT2D eigenvalue weighted by atomic mass is 79.9. The maximum absolute atomic E-state index is 11.9. The van der Waals surface area contributed by atoms with Gasteiger partial charge in [0.15, 0.2) is 47.9 Å². The van der Waals surface area contributed by atoms with Crippen molar-refractivity contribution >= 4 is 183 Å². The predicted molar refractivity (Wildman–Crippen MR) is 412 cm³/mol. The first-order valence-electron chi connectivity index (χ1n) is 30.3. The van der Waals surface area contributed by atoms with Gasteiger partial charge >= 0.3 is 29.8 Å². The van der Waals surface area contributed by atoms with Gasteiger partial charge in [0.25, 0.3) is 0 Å². The average molecular weight is 1590 g/mol. The van der Waals surface area contributed by atoms with Gasteiger partial charge in [-0.05, 0) is 176 Å². The maximum atomic E-state index is 11.9. The lowest BCUT2D eigenvalue weighted by atomic mass is 10.0. The molecule has 0 saturated carbocycles. The molecule has 0 aromatic heterocycles. The molecule has 0 saturated heterocycles. The summed E-state index contributed by atoms with van der Waals surface area (Å²) in [5, 5.41) is 19.9. The van der Waals surface area contributed by atoms with Gasteiger partial charge in [0.2, 0.25) is 0 Å². The minimum atomic E-state index is -2.10. The van der Waals surface area contributed by atoms with E-state index >= 15 is 0 Å². The highest BCUT2D eigenvalue weighted by Gasteiger charge is 2.28. The fraction of sp³-hybridized carbons (Fsp3) is 0.420. The monoisotopic (exact) mass is 1590 g/mol. The van der Waals surface area contributed by atoms with Crippen LogP contribution in [-0.2, 0) is 44.6 Å². The van der Waals surface area contributed by atoms with E-state index in [2.05, 4.69) is 31.5 Å². The number of carboxylic acid groups (broad SMARTS) is 2. The molecule has 2 N–H and O–H groups in total. The number of ketones is 3. The summed E-state index contributed by atoms with van der Waals surface area (Å²) in [6, 6.07) is 24.6. The molecule has 28 heteroatoms. The summed E-state index contributed by atoms with van der Waals surface area (Å²) in [6.45, 7) is 21.7. The summed E-state index contributed by atoms with van der Waals surface area (Å²) in [6.07, 6.45) is 0.618. The molecule has 1 aliphatic carbocycles. The van der Waals surface area contributed by atoms with Crippen molar-refractivity contribution in [2.75, 3.05) is 14.2 Å². The number of aliphatic carboxylic acids is 2. The Kier molecular flexibility index (Phi) is 47.5. The molecule has 5 aromatic rings. The molecule has 0 radical (unpaired) electrons. The smallest absolute Gasteiger partial charge is 0.347 e. The lowest BCUT2D eigenvalue weighted by Crippen LogP contribution is -2.33. The Morgan fingerprint density at radius 3 is 1.32 bits per heavy atom. The third-order valence-corrected chi connectivity index (χ3v) is 14.2. The SMILES string of the molecule is CCC(=O)c1cc(Br)ccc1O[C@H](C(=O)O)C(C)C.CCC(=O)c1cc(Cl)ccc1O[C@@H](C)C(=O)OC(C)(C)C.CCc1cc(Cl)ccc1O[C@@H](C)C(=O)OC.COC(=O)[C@H](C)Oc1ccc(Cl)cc1C1=CCCC1.S.S.S.S.S.[2H]C([2H])(C)C(=O)c1cc(Cl)ccc1O[C@@H](C)C(=O)O. The number of Topliss-reactive ketones (excluding diaryl/α,β-unsaturated/α-hetero) is 3. The van der Waals surface area contributed by atoms with Crippen LogP contribution < -0.4 is 23.7 Å². The molecule has 1 aliphatic rings. The van der Waals surface area contributed by atoms with E-state index in [1.165, 1.54) is 44.9 Å². The molecule has 0 heterocycles. The third-order valence-electron chi connectivity index (χ3n) is 12.7. The molecule has 542 valence electrons. The van der Waals surface area contributed by atoms with Crippen molar-refractivity contribution in [3.05, 3.63) is 149 Å². The molecular formula is C69H93BrCl4O18S5. The largest absolute Gasteiger partial charge is 0.479 e. The van der Waals surface area contributed by atoms with Gasteiger partial charge in [0, 0.05) is 58.0 Å². The zero-order valence-corrected chi connectivity index (χ0v) is 66.4. The summed E-state index contributed by atoms with van der Waals surface area (Å²) in [5.41, 5.74) is 3.30. The minimum absolute atomic E-state index is 0. The molecule has 0 unspecified atom stereocenters. The van der Waals surface area contributed by atoms with Crippen LogP contribution in [0.2, 0.25) is 20.1 Å². The van der Waals surface area contributed by atoms with Crippen LogP contribution in [0.1, 0.15) is 173 Å². The summed E-state index contributed by atoms with van der Waals surface area (Å²) in [7, 11) is 2.69. The van der Waals surface area contributed by atoms with Gasteiger partial charge in [0.1, 0.15) is 34.3 Å². The average Bonchev–Trinajstić information content (AvgIpc) is 1.78. The Bertz CT molecular complexity index is 3480. The number of aryl methyl sites for hydroxylation is 1. The van der Waals surface area contributed by atoms with Crippen molar-refractivity contribution in [1.29, 1.82) is 0 Å². The normalized spacial score (nSPS) is 12.8. The number of methoxy groups -OCH3 is 2. The number of ether oxygens (including phenoxy) is 8. The minimum Gasteiger partial charge on any atom is -0.479 e. The van der Waals surface area contributed by atoms with Gasteiger partial charge in [-0.25, -0.2) is 24.0 Å². The fourth-order valence-corrected chi connectivity index (χ4v) is 9.01. The first kappa shape index (κ1) is 93.6. The van der Waals surface area contributed by atoms with Crippen LogP contribution in [0.3, 0.4) is 0 Å². The van der Waals surface area contributed by atoms with Gasteiger partial charge in [-0.3, -0.25) is 14.4 Å². The van der Waals surface area contributed by atoms with Crippen LogP contribution in [-0.4, -0.2) is 108 Å². The van der Waals surface area contributed by atoms with Crippen molar-refractivity contribution in [2.45, 2.75) is 171 Å². The zero-order chi connectivity index (χ0) is 71.5. The van der Waals surface area contributed by atoms with Crippen molar-refractivity contribution in [1.82, 2.24) is 0 Å². The van der Waals surface area contributed by atoms with E-state index < -0.39 is 72.2 Å². The zero-order valence-electron chi connectivity index (χ0n) is 58.8. The molecule has 0 fully saturated rings. The van der Waals surface area contributed by atoms with Crippen LogP contribution in [0.25, 0.3) is 5.57 Å². The van der Waals surface area contributed by atoms with Crippen molar-refractivity contribution in [3.63, 3.8) is 0 Å². The van der Waals surface area contributed by atoms with Gasteiger partial charge in [-0.15, -0.1) is 0 Å². The number of allylic oxidation sites excluding steroid dienone is 2. The summed E-state index contributed by atoms with van der Waals surface area (Å²) in [4.78, 5) is 92.1. The van der Waals surface area contributed by atoms with Crippen molar-refractivity contribution < 1.29 is 89.2 Å². The predicted octanol–water partition coefficient (Wildman–Crippen LogP) is 17.6. The number of esters is 3. The van der Waals surface area contributed by atoms with Gasteiger partial charge < -0.3 is 48.1 Å². The van der Waals surface area contributed by atoms with Gasteiger partial charge in [-0.1, -0.05) is 110 Å². The Morgan fingerprint density at radius 1 is 0.515 bits per heavy atom. The third kappa shape index (κ3) is 34.5. The first-order valence-corrected chi connectivity index (χ1v) is 31.6. The molecule has 0 amide bonds. The number of rotatable bonds is 24. The summed E-state index contributed by atoms with van der Waals surface area (Å²) in [5.74, 6) is -2.66. The Labute approximate surface area is 636 Å².